The third-order valence-electron chi connectivity index (χ3n) is 6.35. The number of hydrogen-bond donors (Lipinski definition) is 0. The third-order valence-corrected chi connectivity index (χ3v) is 6.35. The Labute approximate surface area is 185 Å². The van der Waals surface area contributed by atoms with Crippen LogP contribution in [0.1, 0.15) is 65.5 Å². The van der Waals surface area contributed by atoms with Crippen LogP contribution in [0.3, 0.4) is 0 Å². The van der Waals surface area contributed by atoms with Crippen LogP contribution in [0.15, 0.2) is 24.5 Å². The molecule has 2 aliphatic rings. The maximum absolute atomic E-state index is 13.5. The number of amides is 1. The molecule has 2 fully saturated rings. The SMILES string of the molecule is Cc1cc(C(=O)N2[C@H]3CC[C@H](c4cc(C(F)F)nc5ncnn45)[C@@H]2CC3)cc(OC(F)F)n1. The Morgan fingerprint density at radius 2 is 1.88 bits per heavy atom. The number of fused-ring (bicyclic) bond motifs is 3. The van der Waals surface area contributed by atoms with Crippen molar-refractivity contribution < 1.29 is 27.1 Å². The van der Waals surface area contributed by atoms with Gasteiger partial charge in [0.2, 0.25) is 5.88 Å². The van der Waals surface area contributed by atoms with Crippen molar-refractivity contribution in [3.63, 3.8) is 0 Å². The fourth-order valence-corrected chi connectivity index (χ4v) is 5.11. The minimum Gasteiger partial charge on any atom is -0.417 e. The normalized spacial score (nSPS) is 22.5. The van der Waals surface area contributed by atoms with Crippen LogP contribution in [0.4, 0.5) is 17.6 Å². The number of carbonyl (C=O) groups excluding carboxylic acids is 1. The predicted molar refractivity (Wildman–Crippen MR) is 106 cm³/mol. The first-order valence-corrected chi connectivity index (χ1v) is 10.6. The van der Waals surface area contributed by atoms with Gasteiger partial charge in [0.15, 0.2) is 0 Å². The summed E-state index contributed by atoms with van der Waals surface area (Å²) in [6, 6.07) is 3.80. The maximum Gasteiger partial charge on any atom is 0.388 e. The summed E-state index contributed by atoms with van der Waals surface area (Å²) in [5, 5.41) is 4.15. The van der Waals surface area contributed by atoms with Gasteiger partial charge in [-0.15, -0.1) is 0 Å². The molecule has 0 aliphatic carbocycles. The minimum absolute atomic E-state index is 0.0191. The Morgan fingerprint density at radius 3 is 2.64 bits per heavy atom. The van der Waals surface area contributed by atoms with Crippen molar-refractivity contribution in [1.29, 1.82) is 0 Å². The molecule has 5 rings (SSSR count). The Bertz CT molecular complexity index is 1200. The molecule has 1 amide bonds. The van der Waals surface area contributed by atoms with Gasteiger partial charge in [-0.3, -0.25) is 4.79 Å². The van der Waals surface area contributed by atoms with Gasteiger partial charge in [-0.1, -0.05) is 0 Å². The van der Waals surface area contributed by atoms with Gasteiger partial charge in [0, 0.05) is 35.3 Å². The molecular weight excluding hydrogens is 444 g/mol. The lowest BCUT2D eigenvalue weighted by molar-refractivity contribution is -0.0530. The van der Waals surface area contributed by atoms with Crippen LogP contribution in [0, 0.1) is 6.92 Å². The quantitative estimate of drug-likeness (QED) is 0.532. The molecule has 174 valence electrons. The highest BCUT2D eigenvalue weighted by Gasteiger charge is 2.46. The number of hydrogen-bond acceptors (Lipinski definition) is 6. The number of pyridine rings is 1. The van der Waals surface area contributed by atoms with Crippen molar-refractivity contribution in [3.8, 4) is 5.88 Å². The number of piperidine rings is 1. The number of aromatic nitrogens is 5. The summed E-state index contributed by atoms with van der Waals surface area (Å²) >= 11 is 0. The minimum atomic E-state index is -3.06. The molecule has 0 spiro atoms. The molecule has 2 bridgehead atoms. The molecule has 2 aliphatic heterocycles. The van der Waals surface area contributed by atoms with Gasteiger partial charge >= 0.3 is 6.61 Å². The first kappa shape index (κ1) is 21.5. The van der Waals surface area contributed by atoms with Crippen LogP contribution in [-0.2, 0) is 0 Å². The summed E-state index contributed by atoms with van der Waals surface area (Å²) in [6.07, 6.45) is 1.32. The van der Waals surface area contributed by atoms with E-state index in [0.717, 1.165) is 6.42 Å². The van der Waals surface area contributed by atoms with Crippen molar-refractivity contribution in [2.75, 3.05) is 0 Å². The van der Waals surface area contributed by atoms with Gasteiger partial charge in [0.25, 0.3) is 18.1 Å². The molecule has 3 atom stereocenters. The van der Waals surface area contributed by atoms with Crippen LogP contribution in [-0.4, -0.2) is 54.1 Å². The first-order valence-electron chi connectivity index (χ1n) is 10.6. The molecule has 0 N–H and O–H groups in total. The zero-order chi connectivity index (χ0) is 23.3. The van der Waals surface area contributed by atoms with E-state index in [2.05, 4.69) is 24.8 Å². The first-order chi connectivity index (χ1) is 15.8. The van der Waals surface area contributed by atoms with Gasteiger partial charge in [0.05, 0.1) is 5.69 Å². The highest BCUT2D eigenvalue weighted by atomic mass is 19.3. The second kappa shape index (κ2) is 8.23. The predicted octanol–water partition coefficient (Wildman–Crippen LogP) is 3.92. The van der Waals surface area contributed by atoms with Crippen molar-refractivity contribution in [2.45, 2.75) is 63.6 Å². The van der Waals surface area contributed by atoms with Gasteiger partial charge in [-0.05, 0) is 44.7 Å². The molecule has 0 unspecified atom stereocenters. The molecule has 5 heterocycles. The Morgan fingerprint density at radius 1 is 1.09 bits per heavy atom. The zero-order valence-electron chi connectivity index (χ0n) is 17.5. The van der Waals surface area contributed by atoms with E-state index in [1.807, 2.05) is 0 Å². The van der Waals surface area contributed by atoms with Crippen LogP contribution in [0.5, 0.6) is 5.88 Å². The van der Waals surface area contributed by atoms with Crippen molar-refractivity contribution in [1.82, 2.24) is 29.5 Å². The number of aryl methyl sites for hydroxylation is 1. The number of ether oxygens (including phenoxy) is 1. The molecule has 0 saturated carbocycles. The smallest absolute Gasteiger partial charge is 0.388 e. The molecule has 8 nitrogen and oxygen atoms in total. The van der Waals surface area contributed by atoms with E-state index >= 15 is 0 Å². The average molecular weight is 464 g/mol. The Balaban J connectivity index is 1.51. The van der Waals surface area contributed by atoms with Crippen molar-refractivity contribution >= 4 is 11.7 Å². The Hall–Kier alpha value is -3.31. The highest BCUT2D eigenvalue weighted by Crippen LogP contribution is 2.45. The lowest BCUT2D eigenvalue weighted by Gasteiger charge is -2.40. The number of halogens is 4. The Kier molecular flexibility index (Phi) is 5.37. The van der Waals surface area contributed by atoms with E-state index in [0.29, 0.717) is 30.7 Å². The van der Waals surface area contributed by atoms with E-state index in [1.54, 1.807) is 11.8 Å². The summed E-state index contributed by atoms with van der Waals surface area (Å²) in [7, 11) is 0. The van der Waals surface area contributed by atoms with E-state index in [-0.39, 0.29) is 46.8 Å². The molecular formula is C21H20F4N6O2. The third kappa shape index (κ3) is 3.87. The van der Waals surface area contributed by atoms with Crippen LogP contribution in [0.25, 0.3) is 5.78 Å². The molecule has 3 aromatic rings. The van der Waals surface area contributed by atoms with Gasteiger partial charge < -0.3 is 9.64 Å². The largest absolute Gasteiger partial charge is 0.417 e. The molecule has 3 aromatic heterocycles. The number of nitrogens with zero attached hydrogens (tertiary/aromatic N) is 6. The monoisotopic (exact) mass is 464 g/mol. The summed E-state index contributed by atoms with van der Waals surface area (Å²) in [5.41, 5.74) is 0.715. The van der Waals surface area contributed by atoms with E-state index in [1.165, 1.54) is 29.0 Å². The molecule has 0 radical (unpaired) electrons. The fraction of sp³-hybridized carbons (Fsp3) is 0.476. The van der Waals surface area contributed by atoms with Crippen LogP contribution >= 0.6 is 0 Å². The topological polar surface area (TPSA) is 85.5 Å². The lowest BCUT2D eigenvalue weighted by atomic mass is 9.86. The number of rotatable bonds is 5. The highest BCUT2D eigenvalue weighted by molar-refractivity contribution is 5.95. The fourth-order valence-electron chi connectivity index (χ4n) is 5.11. The summed E-state index contributed by atoms with van der Waals surface area (Å²) < 4.78 is 58.1. The summed E-state index contributed by atoms with van der Waals surface area (Å²) in [5.74, 6) is -0.819. The van der Waals surface area contributed by atoms with Crippen LogP contribution < -0.4 is 4.74 Å². The molecule has 12 heteroatoms. The van der Waals surface area contributed by atoms with Crippen molar-refractivity contribution in [3.05, 3.63) is 47.2 Å². The van der Waals surface area contributed by atoms with E-state index in [9.17, 15) is 22.4 Å². The average Bonchev–Trinajstić information content (AvgIpc) is 3.34. The summed E-state index contributed by atoms with van der Waals surface area (Å²) in [6.45, 7) is -1.47. The molecule has 2 saturated heterocycles. The lowest BCUT2D eigenvalue weighted by Crippen LogP contribution is -2.47. The van der Waals surface area contributed by atoms with E-state index < -0.39 is 13.0 Å². The van der Waals surface area contributed by atoms with Gasteiger partial charge in [0.1, 0.15) is 12.0 Å². The van der Waals surface area contributed by atoms with E-state index in [4.69, 9.17) is 0 Å². The van der Waals surface area contributed by atoms with Crippen LogP contribution in [0.2, 0.25) is 0 Å². The van der Waals surface area contributed by atoms with Gasteiger partial charge in [-0.25, -0.2) is 23.3 Å². The summed E-state index contributed by atoms with van der Waals surface area (Å²) in [4.78, 5) is 27.0. The second-order valence-electron chi connectivity index (χ2n) is 8.29. The second-order valence-corrected chi connectivity index (χ2v) is 8.29. The van der Waals surface area contributed by atoms with Crippen molar-refractivity contribution in [2.24, 2.45) is 0 Å². The zero-order valence-corrected chi connectivity index (χ0v) is 17.5. The number of carbonyl (C=O) groups is 1. The maximum atomic E-state index is 13.5. The standard InChI is InChI=1S/C21H20F4N6O2/c1-10-6-11(7-17(28-10)33-20(24)25)19(32)30-12-2-4-13(15(30)5-3-12)16-8-14(18(22)23)29-21-26-9-27-31(16)21/h6-9,12-13,15,18,20H,2-5H2,1H3/t12-,13-,15-/m0/s1. The molecule has 0 aromatic carbocycles. The molecule has 33 heavy (non-hydrogen) atoms. The number of alkyl halides is 4. The van der Waals surface area contributed by atoms with Gasteiger partial charge in [-0.2, -0.15) is 18.9 Å².